The van der Waals surface area contributed by atoms with Crippen molar-refractivity contribution in [3.8, 4) is 17.2 Å². The van der Waals surface area contributed by atoms with Crippen molar-refractivity contribution < 1.29 is 33.6 Å². The van der Waals surface area contributed by atoms with E-state index >= 15 is 0 Å². The molecule has 2 fully saturated rings. The molecular formula is C35H38N2O7. The summed E-state index contributed by atoms with van der Waals surface area (Å²) in [6.07, 6.45) is 0.739. The van der Waals surface area contributed by atoms with Gasteiger partial charge in [-0.2, -0.15) is 0 Å². The van der Waals surface area contributed by atoms with E-state index in [-0.39, 0.29) is 17.4 Å². The molecule has 0 aliphatic carbocycles. The van der Waals surface area contributed by atoms with Crippen molar-refractivity contribution in [1.29, 1.82) is 0 Å². The molecule has 1 N–H and O–H groups in total. The molecule has 3 aliphatic rings. The minimum absolute atomic E-state index is 0.0350. The fourth-order valence-corrected chi connectivity index (χ4v) is 6.07. The van der Waals surface area contributed by atoms with Crippen LogP contribution in [0.5, 0.6) is 17.2 Å². The molecule has 3 aliphatic heterocycles. The van der Waals surface area contributed by atoms with Crippen molar-refractivity contribution in [2.75, 3.05) is 46.0 Å². The Morgan fingerprint density at radius 3 is 2.52 bits per heavy atom. The van der Waals surface area contributed by atoms with Crippen molar-refractivity contribution in [3.05, 3.63) is 94.6 Å². The van der Waals surface area contributed by atoms with Crippen LogP contribution >= 0.6 is 0 Å². The van der Waals surface area contributed by atoms with Gasteiger partial charge in [-0.05, 0) is 60.9 Å². The number of hydrogen-bond acceptors (Lipinski definition) is 8. The number of amides is 1. The average Bonchev–Trinajstić information content (AvgIpc) is 3.54. The van der Waals surface area contributed by atoms with Gasteiger partial charge >= 0.3 is 0 Å². The highest BCUT2D eigenvalue weighted by Gasteiger charge is 2.46. The minimum atomic E-state index is -0.804. The lowest BCUT2D eigenvalue weighted by Crippen LogP contribution is -2.42. The lowest BCUT2D eigenvalue weighted by Gasteiger charge is -2.31. The number of ketones is 1. The number of rotatable bonds is 10. The van der Waals surface area contributed by atoms with Crippen LogP contribution in [0.3, 0.4) is 0 Å². The number of carbonyl (C=O) groups excluding carboxylic acids is 2. The highest BCUT2D eigenvalue weighted by atomic mass is 16.5. The van der Waals surface area contributed by atoms with Gasteiger partial charge in [0.2, 0.25) is 0 Å². The average molecular weight is 599 g/mol. The number of hydrogen-bond donors (Lipinski definition) is 1. The topological polar surface area (TPSA) is 97.8 Å². The first kappa shape index (κ1) is 29.7. The number of likely N-dealkylation sites (tertiary alicyclic amines) is 1. The first-order valence-electron chi connectivity index (χ1n) is 15.2. The van der Waals surface area contributed by atoms with E-state index in [0.717, 1.165) is 30.0 Å². The number of aliphatic hydroxyl groups excluding tert-OH is 1. The maximum atomic E-state index is 13.7. The summed E-state index contributed by atoms with van der Waals surface area (Å²) in [6.45, 7) is 8.31. The van der Waals surface area contributed by atoms with Gasteiger partial charge in [-0.3, -0.25) is 14.5 Å². The Bertz CT molecular complexity index is 1550. The number of carbonyl (C=O) groups is 2. The summed E-state index contributed by atoms with van der Waals surface area (Å²) in [5, 5.41) is 11.7. The quantitative estimate of drug-likeness (QED) is 0.203. The largest absolute Gasteiger partial charge is 0.507 e. The van der Waals surface area contributed by atoms with E-state index in [4.69, 9.17) is 18.9 Å². The highest BCUT2D eigenvalue weighted by molar-refractivity contribution is 6.46. The molecule has 0 radical (unpaired) electrons. The molecule has 0 bridgehead atoms. The first-order chi connectivity index (χ1) is 21.4. The second kappa shape index (κ2) is 13.1. The summed E-state index contributed by atoms with van der Waals surface area (Å²) in [6, 6.07) is 19.9. The van der Waals surface area contributed by atoms with Crippen LogP contribution in [0.25, 0.3) is 5.76 Å². The Balaban J connectivity index is 1.37. The van der Waals surface area contributed by atoms with Gasteiger partial charge in [0.1, 0.15) is 24.2 Å². The Morgan fingerprint density at radius 2 is 1.75 bits per heavy atom. The van der Waals surface area contributed by atoms with Crippen LogP contribution in [0.1, 0.15) is 42.1 Å². The van der Waals surface area contributed by atoms with Crippen molar-refractivity contribution >= 4 is 17.4 Å². The number of fused-ring (bicyclic) bond motifs is 1. The summed E-state index contributed by atoms with van der Waals surface area (Å²) >= 11 is 0. The van der Waals surface area contributed by atoms with E-state index in [1.165, 1.54) is 0 Å². The number of Topliss-reactive ketones (excluding diaryl/α,β-unsaturated/α-hetero) is 1. The minimum Gasteiger partial charge on any atom is -0.507 e. The smallest absolute Gasteiger partial charge is 0.295 e. The van der Waals surface area contributed by atoms with Crippen LogP contribution in [0.2, 0.25) is 0 Å². The number of benzene rings is 3. The summed E-state index contributed by atoms with van der Waals surface area (Å²) in [5.74, 6) is 0.282. The van der Waals surface area contributed by atoms with Gasteiger partial charge in [-0.25, -0.2) is 0 Å². The van der Waals surface area contributed by atoms with Gasteiger partial charge in [0.05, 0.1) is 31.4 Å². The number of aliphatic hydroxyl groups is 1. The first-order valence-corrected chi connectivity index (χ1v) is 15.2. The highest BCUT2D eigenvalue weighted by Crippen LogP contribution is 2.43. The summed E-state index contributed by atoms with van der Waals surface area (Å²) in [4.78, 5) is 31.0. The molecule has 9 nitrogen and oxygen atoms in total. The molecule has 2 saturated heterocycles. The molecule has 9 heteroatoms. The third-order valence-corrected chi connectivity index (χ3v) is 8.29. The predicted octanol–water partition coefficient (Wildman–Crippen LogP) is 4.74. The second-order valence-corrected chi connectivity index (χ2v) is 11.3. The fraction of sp³-hybridized carbons (Fsp3) is 0.371. The van der Waals surface area contributed by atoms with Gasteiger partial charge in [0, 0.05) is 38.2 Å². The van der Waals surface area contributed by atoms with Crippen LogP contribution in [-0.2, 0) is 27.4 Å². The SMILES string of the molecule is CCOc1cc([C@H]2C(=C(O)c3ccc4c(c3)C[C@@H](C)O4)C(=O)C(=O)N2CCN2CCOCC2)ccc1OCc1ccccc1. The number of nitrogens with zero attached hydrogens (tertiary/aromatic N) is 2. The molecule has 0 saturated carbocycles. The molecule has 3 aromatic carbocycles. The Labute approximate surface area is 257 Å². The van der Waals surface area contributed by atoms with Crippen molar-refractivity contribution in [1.82, 2.24) is 9.80 Å². The standard InChI is InChI=1S/C35H38N2O7/c1-3-42-30-21-25(9-12-29(30)43-22-24-7-5-4-6-8-24)32-31(33(38)26-10-11-28-27(20-26)19-23(2)44-28)34(39)35(40)37(32)14-13-36-15-17-41-18-16-36/h4-12,20-21,23,32,38H,3,13-19,22H2,1-2H3/t23-,32+/m1/s1. The van der Waals surface area contributed by atoms with Gasteiger partial charge in [0.15, 0.2) is 11.5 Å². The molecule has 3 heterocycles. The maximum absolute atomic E-state index is 13.7. The van der Waals surface area contributed by atoms with Crippen LogP contribution in [0, 0.1) is 0 Å². The van der Waals surface area contributed by atoms with Gasteiger partial charge in [-0.1, -0.05) is 36.4 Å². The third-order valence-electron chi connectivity index (χ3n) is 8.29. The molecule has 1 amide bonds. The van der Waals surface area contributed by atoms with Crippen LogP contribution < -0.4 is 14.2 Å². The molecule has 3 aromatic rings. The lowest BCUT2D eigenvalue weighted by molar-refractivity contribution is -0.140. The number of morpholine rings is 1. The Hall–Kier alpha value is -4.34. The van der Waals surface area contributed by atoms with Gasteiger partial charge in [-0.15, -0.1) is 0 Å². The molecule has 230 valence electrons. The van der Waals surface area contributed by atoms with E-state index < -0.39 is 17.7 Å². The van der Waals surface area contributed by atoms with E-state index in [0.29, 0.717) is 68.6 Å². The number of ether oxygens (including phenoxy) is 4. The zero-order valence-corrected chi connectivity index (χ0v) is 25.2. The Morgan fingerprint density at radius 1 is 0.955 bits per heavy atom. The lowest BCUT2D eigenvalue weighted by atomic mass is 9.94. The van der Waals surface area contributed by atoms with Gasteiger partial charge < -0.3 is 29.0 Å². The van der Waals surface area contributed by atoms with E-state index in [9.17, 15) is 14.7 Å². The summed E-state index contributed by atoms with van der Waals surface area (Å²) in [5.41, 5.74) is 3.17. The van der Waals surface area contributed by atoms with E-state index in [1.54, 1.807) is 17.0 Å². The molecular weight excluding hydrogens is 560 g/mol. The Kier molecular flexibility index (Phi) is 8.86. The summed E-state index contributed by atoms with van der Waals surface area (Å²) in [7, 11) is 0. The van der Waals surface area contributed by atoms with E-state index in [1.807, 2.05) is 68.4 Å². The van der Waals surface area contributed by atoms with Crippen LogP contribution in [0.4, 0.5) is 0 Å². The van der Waals surface area contributed by atoms with E-state index in [2.05, 4.69) is 4.90 Å². The molecule has 44 heavy (non-hydrogen) atoms. The van der Waals surface area contributed by atoms with Crippen LogP contribution in [-0.4, -0.2) is 78.7 Å². The van der Waals surface area contributed by atoms with Gasteiger partial charge in [0.25, 0.3) is 11.7 Å². The maximum Gasteiger partial charge on any atom is 0.295 e. The monoisotopic (exact) mass is 598 g/mol. The molecule has 2 atom stereocenters. The van der Waals surface area contributed by atoms with Crippen LogP contribution in [0.15, 0.2) is 72.3 Å². The fourth-order valence-electron chi connectivity index (χ4n) is 6.07. The molecule has 0 spiro atoms. The third kappa shape index (κ3) is 6.16. The van der Waals surface area contributed by atoms with Crippen molar-refractivity contribution in [3.63, 3.8) is 0 Å². The molecule has 0 aromatic heterocycles. The zero-order valence-electron chi connectivity index (χ0n) is 25.2. The zero-order chi connectivity index (χ0) is 30.6. The molecule has 6 rings (SSSR count). The van der Waals surface area contributed by atoms with Crippen molar-refractivity contribution in [2.24, 2.45) is 0 Å². The second-order valence-electron chi connectivity index (χ2n) is 11.3. The van der Waals surface area contributed by atoms with Crippen molar-refractivity contribution in [2.45, 2.75) is 39.0 Å². The normalized spacial score (nSPS) is 21.3. The predicted molar refractivity (Wildman–Crippen MR) is 165 cm³/mol. The molecule has 0 unspecified atom stereocenters. The summed E-state index contributed by atoms with van der Waals surface area (Å²) < 4.78 is 23.4.